The molecule has 186 valence electrons. The van der Waals surface area contributed by atoms with Crippen molar-refractivity contribution in [2.24, 2.45) is 7.05 Å². The molecule has 1 fully saturated rings. The highest BCUT2D eigenvalue weighted by molar-refractivity contribution is 7.98. The summed E-state index contributed by atoms with van der Waals surface area (Å²) < 4.78 is 3.52. The Balaban J connectivity index is 1.55. The fourth-order valence-corrected chi connectivity index (χ4v) is 5.50. The highest BCUT2D eigenvalue weighted by Gasteiger charge is 2.27. The molecule has 5 rings (SSSR count). The molecule has 0 saturated carbocycles. The quantitative estimate of drug-likeness (QED) is 0.292. The van der Waals surface area contributed by atoms with Crippen molar-refractivity contribution in [3.8, 4) is 0 Å². The molecule has 9 nitrogen and oxygen atoms in total. The van der Waals surface area contributed by atoms with Gasteiger partial charge in [0.05, 0.1) is 6.54 Å². The molecule has 2 aromatic heterocycles. The first kappa shape index (κ1) is 23.9. The standard InChI is InChI=1S/C26H28N6O3S/c1-30-23(33)21-22(29-25(30)36-17-19-11-6-3-7-12-19)28-24(32(21)15-18-9-4-2-5-10-18)31-14-8-13-20(16-31)27-26(34)35/h2-7,9-12,20,27H,8,13-17H2,1H3,(H,34,35). The third-order valence-corrected chi connectivity index (χ3v) is 7.45. The number of carboxylic acid groups (broad SMARTS) is 1. The molecule has 1 amide bonds. The average molecular weight is 505 g/mol. The monoisotopic (exact) mass is 504 g/mol. The number of piperidine rings is 1. The van der Waals surface area contributed by atoms with Crippen LogP contribution in [-0.4, -0.2) is 49.4 Å². The summed E-state index contributed by atoms with van der Waals surface area (Å²) in [7, 11) is 1.75. The van der Waals surface area contributed by atoms with Crippen molar-refractivity contribution in [2.45, 2.75) is 36.3 Å². The van der Waals surface area contributed by atoms with Crippen LogP contribution in [0.15, 0.2) is 70.6 Å². The highest BCUT2D eigenvalue weighted by Crippen LogP contribution is 2.27. The van der Waals surface area contributed by atoms with Crippen LogP contribution in [0, 0.1) is 0 Å². The minimum absolute atomic E-state index is 0.150. The van der Waals surface area contributed by atoms with Crippen LogP contribution >= 0.6 is 11.8 Å². The number of carbonyl (C=O) groups is 1. The Bertz CT molecular complexity index is 1420. The van der Waals surface area contributed by atoms with Gasteiger partial charge >= 0.3 is 6.09 Å². The Morgan fingerprint density at radius 2 is 1.78 bits per heavy atom. The molecule has 2 aromatic carbocycles. The van der Waals surface area contributed by atoms with Crippen LogP contribution in [0.3, 0.4) is 0 Å². The van der Waals surface area contributed by atoms with Crippen molar-refractivity contribution in [1.82, 2.24) is 24.4 Å². The number of benzene rings is 2. The molecule has 2 N–H and O–H groups in total. The smallest absolute Gasteiger partial charge is 0.404 e. The summed E-state index contributed by atoms with van der Waals surface area (Å²) in [5.41, 5.74) is 2.90. The van der Waals surface area contributed by atoms with Crippen molar-refractivity contribution in [3.05, 3.63) is 82.1 Å². The predicted octanol–water partition coefficient (Wildman–Crippen LogP) is 3.71. The molecule has 1 atom stereocenters. The lowest BCUT2D eigenvalue weighted by molar-refractivity contribution is 0.188. The second-order valence-electron chi connectivity index (χ2n) is 8.92. The maximum Gasteiger partial charge on any atom is 0.404 e. The minimum atomic E-state index is -1.03. The molecule has 0 bridgehead atoms. The number of hydrogen-bond donors (Lipinski definition) is 2. The van der Waals surface area contributed by atoms with Gasteiger partial charge in [-0.15, -0.1) is 0 Å². The van der Waals surface area contributed by atoms with E-state index in [0.29, 0.717) is 41.1 Å². The summed E-state index contributed by atoms with van der Waals surface area (Å²) in [6.07, 6.45) is 0.556. The third-order valence-electron chi connectivity index (χ3n) is 6.35. The zero-order valence-corrected chi connectivity index (χ0v) is 20.8. The highest BCUT2D eigenvalue weighted by atomic mass is 32.2. The number of nitrogens with zero attached hydrogens (tertiary/aromatic N) is 5. The van der Waals surface area contributed by atoms with E-state index >= 15 is 0 Å². The number of nitrogens with one attached hydrogen (secondary N) is 1. The Morgan fingerprint density at radius 1 is 1.08 bits per heavy atom. The second kappa shape index (κ2) is 10.4. The number of thioether (sulfide) groups is 1. The molecule has 1 saturated heterocycles. The number of hydrogen-bond acceptors (Lipinski definition) is 6. The van der Waals surface area contributed by atoms with E-state index in [1.54, 1.807) is 11.6 Å². The van der Waals surface area contributed by atoms with Crippen LogP contribution in [-0.2, 0) is 19.3 Å². The first-order valence-corrected chi connectivity index (χ1v) is 12.9. The topological polar surface area (TPSA) is 105 Å². The number of imidazole rings is 1. The van der Waals surface area contributed by atoms with Gasteiger partial charge in [-0.2, -0.15) is 4.98 Å². The van der Waals surface area contributed by atoms with Crippen LogP contribution in [0.25, 0.3) is 11.2 Å². The molecule has 1 unspecified atom stereocenters. The maximum absolute atomic E-state index is 13.6. The fourth-order valence-electron chi connectivity index (χ4n) is 4.59. The van der Waals surface area contributed by atoms with Crippen molar-refractivity contribution in [1.29, 1.82) is 0 Å². The molecular formula is C26H28N6O3S. The van der Waals surface area contributed by atoms with Crippen LogP contribution in [0.4, 0.5) is 10.7 Å². The number of fused-ring (bicyclic) bond motifs is 1. The first-order chi connectivity index (χ1) is 17.5. The van der Waals surface area contributed by atoms with E-state index in [4.69, 9.17) is 9.97 Å². The Kier molecular flexibility index (Phi) is 6.95. The Hall–Kier alpha value is -3.79. The van der Waals surface area contributed by atoms with Crippen molar-refractivity contribution >= 4 is 35.0 Å². The van der Waals surface area contributed by atoms with E-state index in [2.05, 4.69) is 10.2 Å². The van der Waals surface area contributed by atoms with Crippen molar-refractivity contribution in [3.63, 3.8) is 0 Å². The maximum atomic E-state index is 13.6. The summed E-state index contributed by atoms with van der Waals surface area (Å²) in [6, 6.07) is 19.8. The molecule has 0 spiro atoms. The van der Waals surface area contributed by atoms with Gasteiger partial charge in [0.25, 0.3) is 5.56 Å². The van der Waals surface area contributed by atoms with E-state index in [9.17, 15) is 14.7 Å². The van der Waals surface area contributed by atoms with Gasteiger partial charge in [-0.05, 0) is 24.0 Å². The lowest BCUT2D eigenvalue weighted by Crippen LogP contribution is -2.48. The summed E-state index contributed by atoms with van der Waals surface area (Å²) in [6.45, 7) is 1.68. The number of rotatable bonds is 7. The van der Waals surface area contributed by atoms with Crippen molar-refractivity contribution < 1.29 is 9.90 Å². The predicted molar refractivity (Wildman–Crippen MR) is 141 cm³/mol. The molecule has 36 heavy (non-hydrogen) atoms. The Morgan fingerprint density at radius 3 is 2.47 bits per heavy atom. The number of amides is 1. The zero-order chi connectivity index (χ0) is 25.1. The van der Waals surface area contributed by atoms with Gasteiger partial charge < -0.3 is 15.3 Å². The second-order valence-corrected chi connectivity index (χ2v) is 9.87. The molecule has 10 heteroatoms. The number of anilines is 1. The number of aromatic nitrogens is 4. The summed E-state index contributed by atoms with van der Waals surface area (Å²) in [5.74, 6) is 1.33. The molecular weight excluding hydrogens is 476 g/mol. The van der Waals surface area contributed by atoms with Gasteiger partial charge in [0, 0.05) is 31.9 Å². The van der Waals surface area contributed by atoms with Gasteiger partial charge in [-0.1, -0.05) is 72.4 Å². The lowest BCUT2D eigenvalue weighted by Gasteiger charge is -2.33. The molecule has 0 radical (unpaired) electrons. The van der Waals surface area contributed by atoms with Gasteiger partial charge in [0.15, 0.2) is 16.3 Å². The lowest BCUT2D eigenvalue weighted by atomic mass is 10.1. The van der Waals surface area contributed by atoms with E-state index in [1.165, 1.54) is 11.8 Å². The molecule has 0 aliphatic carbocycles. The summed E-state index contributed by atoms with van der Waals surface area (Å²) in [5, 5.41) is 12.4. The largest absolute Gasteiger partial charge is 0.465 e. The van der Waals surface area contributed by atoms with Gasteiger partial charge in [0.1, 0.15) is 0 Å². The molecule has 4 aromatic rings. The van der Waals surface area contributed by atoms with Crippen LogP contribution < -0.4 is 15.8 Å². The van der Waals surface area contributed by atoms with Gasteiger partial charge in [-0.25, -0.2) is 9.78 Å². The summed E-state index contributed by atoms with van der Waals surface area (Å²) >= 11 is 1.50. The normalized spacial score (nSPS) is 15.8. The van der Waals surface area contributed by atoms with Crippen LogP contribution in [0.5, 0.6) is 0 Å². The Labute approximate surface area is 212 Å². The van der Waals surface area contributed by atoms with Crippen LogP contribution in [0.2, 0.25) is 0 Å². The van der Waals surface area contributed by atoms with Crippen molar-refractivity contribution in [2.75, 3.05) is 18.0 Å². The average Bonchev–Trinajstić information content (AvgIpc) is 3.24. The fraction of sp³-hybridized carbons (Fsp3) is 0.308. The van der Waals surface area contributed by atoms with Gasteiger partial charge in [-0.3, -0.25) is 13.9 Å². The van der Waals surface area contributed by atoms with E-state index in [-0.39, 0.29) is 11.6 Å². The first-order valence-electron chi connectivity index (χ1n) is 11.9. The van der Waals surface area contributed by atoms with E-state index < -0.39 is 6.09 Å². The minimum Gasteiger partial charge on any atom is -0.465 e. The van der Waals surface area contributed by atoms with E-state index in [1.807, 2.05) is 65.2 Å². The third kappa shape index (κ3) is 5.08. The molecule has 1 aliphatic rings. The van der Waals surface area contributed by atoms with Gasteiger partial charge in [0.2, 0.25) is 5.95 Å². The zero-order valence-electron chi connectivity index (χ0n) is 20.0. The molecule has 1 aliphatic heterocycles. The summed E-state index contributed by atoms with van der Waals surface area (Å²) in [4.78, 5) is 36.5. The van der Waals surface area contributed by atoms with Crippen LogP contribution in [0.1, 0.15) is 24.0 Å². The SMILES string of the molecule is Cn1c(SCc2ccccc2)nc2nc(N3CCCC(NC(=O)O)C3)n(Cc3ccccc3)c2c1=O. The van der Waals surface area contributed by atoms with E-state index in [0.717, 1.165) is 30.5 Å². The molecule has 3 heterocycles.